The van der Waals surface area contributed by atoms with Gasteiger partial charge >= 0.3 is 0 Å². The Morgan fingerprint density at radius 2 is 1.85 bits per heavy atom. The highest BCUT2D eigenvalue weighted by Crippen LogP contribution is 2.19. The van der Waals surface area contributed by atoms with Crippen molar-refractivity contribution in [3.05, 3.63) is 60.4 Å². The summed E-state index contributed by atoms with van der Waals surface area (Å²) in [6.07, 6.45) is 3.19. The third-order valence-electron chi connectivity index (χ3n) is 2.96. The smallest absolute Gasteiger partial charge is 0.257 e. The zero-order valence-electron chi connectivity index (χ0n) is 10.6. The van der Waals surface area contributed by atoms with Crippen molar-refractivity contribution in [2.24, 2.45) is 0 Å². The SMILES string of the molecule is Nc1cccnc1NC(=O)c1ccnc2ccccc12. The Morgan fingerprint density at radius 1 is 1.00 bits per heavy atom. The topological polar surface area (TPSA) is 80.9 Å². The molecule has 0 aliphatic carbocycles. The largest absolute Gasteiger partial charge is 0.396 e. The number of aromatic nitrogens is 2. The van der Waals surface area contributed by atoms with Gasteiger partial charge in [-0.3, -0.25) is 9.78 Å². The number of amides is 1. The molecular weight excluding hydrogens is 252 g/mol. The quantitative estimate of drug-likeness (QED) is 0.745. The van der Waals surface area contributed by atoms with E-state index in [1.165, 1.54) is 0 Å². The number of carbonyl (C=O) groups excluding carboxylic acids is 1. The van der Waals surface area contributed by atoms with Crippen molar-refractivity contribution in [2.45, 2.75) is 0 Å². The zero-order valence-corrected chi connectivity index (χ0v) is 10.6. The van der Waals surface area contributed by atoms with Crippen LogP contribution in [0.15, 0.2) is 54.9 Å². The second-order valence-electron chi connectivity index (χ2n) is 4.27. The lowest BCUT2D eigenvalue weighted by Gasteiger charge is -2.08. The number of hydrogen-bond acceptors (Lipinski definition) is 4. The fourth-order valence-corrected chi connectivity index (χ4v) is 1.99. The molecule has 20 heavy (non-hydrogen) atoms. The van der Waals surface area contributed by atoms with Gasteiger partial charge in [-0.05, 0) is 24.3 Å². The molecule has 0 atom stereocenters. The molecule has 3 rings (SSSR count). The van der Waals surface area contributed by atoms with Crippen molar-refractivity contribution in [1.82, 2.24) is 9.97 Å². The number of nitrogens with one attached hydrogen (secondary N) is 1. The molecule has 0 fully saturated rings. The van der Waals surface area contributed by atoms with Gasteiger partial charge in [0.05, 0.1) is 16.8 Å². The molecule has 0 aliphatic heterocycles. The number of benzene rings is 1. The third-order valence-corrected chi connectivity index (χ3v) is 2.96. The van der Waals surface area contributed by atoms with E-state index in [4.69, 9.17) is 5.73 Å². The Hall–Kier alpha value is -2.95. The molecule has 5 nitrogen and oxygen atoms in total. The van der Waals surface area contributed by atoms with Crippen molar-refractivity contribution in [3.63, 3.8) is 0 Å². The number of nitrogens with two attached hydrogens (primary N) is 1. The number of anilines is 2. The summed E-state index contributed by atoms with van der Waals surface area (Å²) in [4.78, 5) is 20.6. The maximum absolute atomic E-state index is 12.3. The number of carbonyl (C=O) groups is 1. The van der Waals surface area contributed by atoms with Crippen molar-refractivity contribution < 1.29 is 4.79 Å². The molecular formula is C15H12N4O. The van der Waals surface area contributed by atoms with Gasteiger partial charge in [0.2, 0.25) is 0 Å². The van der Waals surface area contributed by atoms with Crippen LogP contribution < -0.4 is 11.1 Å². The number of para-hydroxylation sites is 1. The molecule has 0 saturated heterocycles. The first-order valence-electron chi connectivity index (χ1n) is 6.11. The molecule has 5 heteroatoms. The number of nitrogens with zero attached hydrogens (tertiary/aromatic N) is 2. The van der Waals surface area contributed by atoms with Crippen LogP contribution in [-0.4, -0.2) is 15.9 Å². The lowest BCUT2D eigenvalue weighted by atomic mass is 10.1. The van der Waals surface area contributed by atoms with E-state index in [9.17, 15) is 4.79 Å². The van der Waals surface area contributed by atoms with Crippen LogP contribution in [0, 0.1) is 0 Å². The van der Waals surface area contributed by atoms with Gasteiger partial charge in [-0.25, -0.2) is 4.98 Å². The van der Waals surface area contributed by atoms with Crippen LogP contribution in [0.5, 0.6) is 0 Å². The van der Waals surface area contributed by atoms with Gasteiger partial charge < -0.3 is 11.1 Å². The van der Waals surface area contributed by atoms with E-state index in [1.807, 2.05) is 24.3 Å². The van der Waals surface area contributed by atoms with Crippen LogP contribution in [0.1, 0.15) is 10.4 Å². The minimum absolute atomic E-state index is 0.256. The van der Waals surface area contributed by atoms with Gasteiger partial charge in [0.25, 0.3) is 5.91 Å². The van der Waals surface area contributed by atoms with Gasteiger partial charge in [0, 0.05) is 17.8 Å². The van der Waals surface area contributed by atoms with Gasteiger partial charge in [-0.15, -0.1) is 0 Å². The molecule has 98 valence electrons. The van der Waals surface area contributed by atoms with E-state index in [1.54, 1.807) is 30.6 Å². The number of pyridine rings is 2. The summed E-state index contributed by atoms with van der Waals surface area (Å²) in [6, 6.07) is 12.6. The summed E-state index contributed by atoms with van der Waals surface area (Å²) < 4.78 is 0. The maximum Gasteiger partial charge on any atom is 0.257 e. The average molecular weight is 264 g/mol. The Bertz CT molecular complexity index is 780. The molecule has 0 bridgehead atoms. The van der Waals surface area contributed by atoms with Gasteiger partial charge in [-0.2, -0.15) is 0 Å². The first-order chi connectivity index (χ1) is 9.75. The third kappa shape index (κ3) is 2.16. The lowest BCUT2D eigenvalue weighted by molar-refractivity contribution is 0.102. The van der Waals surface area contributed by atoms with Gasteiger partial charge in [0.15, 0.2) is 5.82 Å². The number of fused-ring (bicyclic) bond motifs is 1. The second-order valence-corrected chi connectivity index (χ2v) is 4.27. The van der Waals surface area contributed by atoms with Crippen LogP contribution in [-0.2, 0) is 0 Å². The van der Waals surface area contributed by atoms with Crippen molar-refractivity contribution in [2.75, 3.05) is 11.1 Å². The van der Waals surface area contributed by atoms with Gasteiger partial charge in [0.1, 0.15) is 0 Å². The van der Waals surface area contributed by atoms with E-state index < -0.39 is 0 Å². The van der Waals surface area contributed by atoms with E-state index >= 15 is 0 Å². The van der Waals surface area contributed by atoms with Crippen molar-refractivity contribution in [3.8, 4) is 0 Å². The number of rotatable bonds is 2. The predicted molar refractivity (Wildman–Crippen MR) is 78.3 cm³/mol. The second kappa shape index (κ2) is 4.97. The molecule has 1 aromatic carbocycles. The Morgan fingerprint density at radius 3 is 2.70 bits per heavy atom. The minimum atomic E-state index is -0.256. The Kier molecular flexibility index (Phi) is 3.01. The average Bonchev–Trinajstić information content (AvgIpc) is 2.49. The fourth-order valence-electron chi connectivity index (χ4n) is 1.99. The molecule has 3 N–H and O–H groups in total. The predicted octanol–water partition coefficient (Wildman–Crippen LogP) is 2.46. The molecule has 3 aromatic rings. The summed E-state index contributed by atoms with van der Waals surface area (Å²) >= 11 is 0. The summed E-state index contributed by atoms with van der Waals surface area (Å²) in [6.45, 7) is 0. The fraction of sp³-hybridized carbons (Fsp3) is 0. The first kappa shape index (κ1) is 12.1. The minimum Gasteiger partial charge on any atom is -0.396 e. The molecule has 0 radical (unpaired) electrons. The summed E-state index contributed by atoms with van der Waals surface area (Å²) in [5, 5.41) is 3.51. The monoisotopic (exact) mass is 264 g/mol. The Balaban J connectivity index is 1.99. The van der Waals surface area contributed by atoms with Crippen LogP contribution in [0.2, 0.25) is 0 Å². The van der Waals surface area contributed by atoms with E-state index in [2.05, 4.69) is 15.3 Å². The molecule has 2 heterocycles. The van der Waals surface area contributed by atoms with Crippen molar-refractivity contribution in [1.29, 1.82) is 0 Å². The zero-order chi connectivity index (χ0) is 13.9. The highest BCUT2D eigenvalue weighted by molar-refractivity contribution is 6.12. The van der Waals surface area contributed by atoms with E-state index in [0.29, 0.717) is 17.1 Å². The summed E-state index contributed by atoms with van der Waals surface area (Å²) in [5.41, 5.74) is 7.51. The maximum atomic E-state index is 12.3. The highest BCUT2D eigenvalue weighted by atomic mass is 16.1. The summed E-state index contributed by atoms with van der Waals surface area (Å²) in [7, 11) is 0. The molecule has 0 aliphatic rings. The summed E-state index contributed by atoms with van der Waals surface area (Å²) in [5.74, 6) is 0.104. The van der Waals surface area contributed by atoms with Crippen LogP contribution in [0.3, 0.4) is 0 Å². The van der Waals surface area contributed by atoms with Crippen LogP contribution in [0.4, 0.5) is 11.5 Å². The normalized spacial score (nSPS) is 10.4. The van der Waals surface area contributed by atoms with Crippen molar-refractivity contribution >= 4 is 28.3 Å². The van der Waals surface area contributed by atoms with Crippen LogP contribution in [0.25, 0.3) is 10.9 Å². The number of nitrogen functional groups attached to an aromatic ring is 1. The molecule has 2 aromatic heterocycles. The standard InChI is InChI=1S/C15H12N4O/c16-12-5-3-8-18-14(12)19-15(20)11-7-9-17-13-6-2-1-4-10(11)13/h1-9H,16H2,(H,18,19,20). The highest BCUT2D eigenvalue weighted by Gasteiger charge is 2.12. The van der Waals surface area contributed by atoms with E-state index in [0.717, 1.165) is 10.9 Å². The Labute approximate surface area is 115 Å². The first-order valence-corrected chi connectivity index (χ1v) is 6.11. The van der Waals surface area contributed by atoms with Crippen LogP contribution >= 0.6 is 0 Å². The molecule has 0 unspecified atom stereocenters. The number of hydrogen-bond donors (Lipinski definition) is 2. The van der Waals surface area contributed by atoms with E-state index in [-0.39, 0.29) is 5.91 Å². The molecule has 1 amide bonds. The lowest BCUT2D eigenvalue weighted by Crippen LogP contribution is -2.14. The molecule has 0 saturated carbocycles. The van der Waals surface area contributed by atoms with Gasteiger partial charge in [-0.1, -0.05) is 18.2 Å². The molecule has 0 spiro atoms.